The molecule has 0 unspecified atom stereocenters. The summed E-state index contributed by atoms with van der Waals surface area (Å²) in [5, 5.41) is 0. The zero-order valence-corrected chi connectivity index (χ0v) is 12.7. The maximum Gasteiger partial charge on any atom is 0.228 e. The van der Waals surface area contributed by atoms with Crippen molar-refractivity contribution in [1.29, 1.82) is 0 Å². The van der Waals surface area contributed by atoms with Crippen LogP contribution in [-0.4, -0.2) is 34.3 Å². The second-order valence-corrected chi connectivity index (χ2v) is 4.54. The highest BCUT2D eigenvalue weighted by Gasteiger charge is 2.13. The van der Waals surface area contributed by atoms with Gasteiger partial charge in [-0.2, -0.15) is 0 Å². The van der Waals surface area contributed by atoms with Crippen molar-refractivity contribution in [3.05, 3.63) is 35.3 Å². The van der Waals surface area contributed by atoms with E-state index in [1.165, 1.54) is 0 Å². The summed E-state index contributed by atoms with van der Waals surface area (Å²) in [5.41, 5.74) is 3.95. The van der Waals surface area contributed by atoms with Crippen molar-refractivity contribution in [3.8, 4) is 0 Å². The lowest BCUT2D eigenvalue weighted by atomic mass is 10.2. The van der Waals surface area contributed by atoms with Gasteiger partial charge in [0.2, 0.25) is 5.91 Å². The molecule has 2 aromatic heterocycles. The molecule has 2 rings (SSSR count). The molecule has 0 aliphatic carbocycles. The molecule has 4 heteroatoms. The molecule has 0 atom stereocenters. The van der Waals surface area contributed by atoms with E-state index in [2.05, 4.69) is 4.98 Å². The van der Waals surface area contributed by atoms with Gasteiger partial charge < -0.3 is 9.30 Å². The Hall–Kier alpha value is -1.84. The summed E-state index contributed by atoms with van der Waals surface area (Å²) in [5.74, 6) is 0.0939. The number of fused-ring (bicyclic) bond motifs is 1. The van der Waals surface area contributed by atoms with Gasteiger partial charge in [-0.1, -0.05) is 19.9 Å². The Morgan fingerprint density at radius 1 is 1.26 bits per heavy atom. The van der Waals surface area contributed by atoms with Crippen molar-refractivity contribution in [2.75, 3.05) is 14.1 Å². The standard InChI is InChI=1S/C13H17N3O.C2H6/c1-9-5-6-12-14-10(2)11(16(12)8-9)7-13(17)15(3)4;1-2/h5-6,8H,7H2,1-4H3;1-2H3. The number of likely N-dealkylation sites (N-methyl/N-ethyl adjacent to an activating group) is 1. The van der Waals surface area contributed by atoms with Crippen LogP contribution in [0.4, 0.5) is 0 Å². The van der Waals surface area contributed by atoms with Gasteiger partial charge in [0, 0.05) is 20.3 Å². The lowest BCUT2D eigenvalue weighted by Gasteiger charge is -2.10. The number of imidazole rings is 1. The summed E-state index contributed by atoms with van der Waals surface area (Å²) >= 11 is 0. The quantitative estimate of drug-likeness (QED) is 0.833. The molecule has 0 saturated carbocycles. The molecule has 2 aromatic rings. The first kappa shape index (κ1) is 15.2. The molecule has 19 heavy (non-hydrogen) atoms. The van der Waals surface area contributed by atoms with Gasteiger partial charge in [-0.25, -0.2) is 4.98 Å². The first-order chi connectivity index (χ1) is 8.99. The number of nitrogens with zero attached hydrogens (tertiary/aromatic N) is 3. The maximum absolute atomic E-state index is 11.8. The second kappa shape index (κ2) is 6.36. The monoisotopic (exact) mass is 261 g/mol. The zero-order valence-electron chi connectivity index (χ0n) is 12.7. The van der Waals surface area contributed by atoms with E-state index in [1.807, 2.05) is 50.4 Å². The van der Waals surface area contributed by atoms with Gasteiger partial charge in [0.05, 0.1) is 17.8 Å². The van der Waals surface area contributed by atoms with E-state index in [9.17, 15) is 4.79 Å². The van der Waals surface area contributed by atoms with Crippen molar-refractivity contribution in [1.82, 2.24) is 14.3 Å². The normalized spacial score (nSPS) is 10.0. The molecule has 0 aliphatic heterocycles. The molecule has 0 N–H and O–H groups in total. The Morgan fingerprint density at radius 3 is 2.47 bits per heavy atom. The number of amides is 1. The number of aromatic nitrogens is 2. The third-order valence-corrected chi connectivity index (χ3v) is 2.88. The minimum Gasteiger partial charge on any atom is -0.348 e. The molecule has 0 saturated heterocycles. The molecule has 1 amide bonds. The summed E-state index contributed by atoms with van der Waals surface area (Å²) < 4.78 is 2.01. The molecule has 0 bridgehead atoms. The first-order valence-electron chi connectivity index (χ1n) is 6.63. The molecule has 2 heterocycles. The van der Waals surface area contributed by atoms with Crippen LogP contribution in [0.15, 0.2) is 18.3 Å². The number of carbonyl (C=O) groups is 1. The fourth-order valence-corrected chi connectivity index (χ4v) is 1.83. The number of hydrogen-bond donors (Lipinski definition) is 0. The van der Waals surface area contributed by atoms with Crippen molar-refractivity contribution in [2.45, 2.75) is 34.1 Å². The van der Waals surface area contributed by atoms with E-state index in [4.69, 9.17) is 0 Å². The Bertz CT molecular complexity index is 570. The largest absolute Gasteiger partial charge is 0.348 e. The number of pyridine rings is 1. The minimum atomic E-state index is 0.0939. The predicted molar refractivity (Wildman–Crippen MR) is 78.4 cm³/mol. The van der Waals surface area contributed by atoms with Crippen molar-refractivity contribution in [2.24, 2.45) is 0 Å². The molecule has 0 aromatic carbocycles. The fraction of sp³-hybridized carbons (Fsp3) is 0.467. The third-order valence-electron chi connectivity index (χ3n) is 2.88. The average Bonchev–Trinajstić information content (AvgIpc) is 2.68. The molecular weight excluding hydrogens is 238 g/mol. The number of rotatable bonds is 2. The van der Waals surface area contributed by atoms with Gasteiger partial charge in [-0.3, -0.25) is 4.79 Å². The molecule has 0 spiro atoms. The molecule has 0 radical (unpaired) electrons. The van der Waals surface area contributed by atoms with Crippen LogP contribution < -0.4 is 0 Å². The van der Waals surface area contributed by atoms with Crippen molar-refractivity contribution in [3.63, 3.8) is 0 Å². The average molecular weight is 261 g/mol. The lowest BCUT2D eigenvalue weighted by molar-refractivity contribution is -0.128. The molecule has 0 fully saturated rings. The van der Waals surface area contributed by atoms with Gasteiger partial charge in [-0.05, 0) is 25.5 Å². The van der Waals surface area contributed by atoms with Crippen LogP contribution >= 0.6 is 0 Å². The minimum absolute atomic E-state index is 0.0939. The van der Waals surface area contributed by atoms with Crippen LogP contribution in [0.2, 0.25) is 0 Å². The van der Waals surface area contributed by atoms with E-state index in [0.29, 0.717) is 6.42 Å². The lowest BCUT2D eigenvalue weighted by Crippen LogP contribution is -2.24. The highest BCUT2D eigenvalue weighted by molar-refractivity contribution is 5.78. The predicted octanol–water partition coefficient (Wildman–Crippen LogP) is 2.61. The summed E-state index contributed by atoms with van der Waals surface area (Å²) in [6.45, 7) is 7.98. The molecular formula is C15H23N3O. The smallest absolute Gasteiger partial charge is 0.228 e. The van der Waals surface area contributed by atoms with Gasteiger partial charge >= 0.3 is 0 Å². The Balaban J connectivity index is 0.000000861. The van der Waals surface area contributed by atoms with E-state index in [0.717, 1.165) is 22.6 Å². The van der Waals surface area contributed by atoms with E-state index < -0.39 is 0 Å². The number of aryl methyl sites for hydroxylation is 2. The van der Waals surface area contributed by atoms with Crippen LogP contribution in [-0.2, 0) is 11.2 Å². The van der Waals surface area contributed by atoms with Crippen LogP contribution in [0, 0.1) is 13.8 Å². The van der Waals surface area contributed by atoms with E-state index in [1.54, 1.807) is 19.0 Å². The first-order valence-corrected chi connectivity index (χ1v) is 6.63. The Kier molecular flexibility index (Phi) is 5.10. The fourth-order valence-electron chi connectivity index (χ4n) is 1.83. The second-order valence-electron chi connectivity index (χ2n) is 4.54. The van der Waals surface area contributed by atoms with Crippen LogP contribution in [0.5, 0.6) is 0 Å². The van der Waals surface area contributed by atoms with E-state index in [-0.39, 0.29) is 5.91 Å². The van der Waals surface area contributed by atoms with Gasteiger partial charge in [-0.15, -0.1) is 0 Å². The topological polar surface area (TPSA) is 37.6 Å². The summed E-state index contributed by atoms with van der Waals surface area (Å²) in [7, 11) is 3.54. The van der Waals surface area contributed by atoms with Crippen molar-refractivity contribution < 1.29 is 4.79 Å². The summed E-state index contributed by atoms with van der Waals surface area (Å²) in [6, 6.07) is 4.01. The number of carbonyl (C=O) groups excluding carboxylic acids is 1. The van der Waals surface area contributed by atoms with Crippen LogP contribution in [0.25, 0.3) is 5.65 Å². The highest BCUT2D eigenvalue weighted by Crippen LogP contribution is 2.14. The highest BCUT2D eigenvalue weighted by atomic mass is 16.2. The number of hydrogen-bond acceptors (Lipinski definition) is 2. The van der Waals surface area contributed by atoms with Crippen LogP contribution in [0.1, 0.15) is 30.8 Å². The summed E-state index contributed by atoms with van der Waals surface area (Å²) in [4.78, 5) is 17.8. The zero-order chi connectivity index (χ0) is 14.6. The molecule has 104 valence electrons. The Labute approximate surface area is 115 Å². The Morgan fingerprint density at radius 2 is 1.89 bits per heavy atom. The SMILES string of the molecule is CC.Cc1ccc2nc(C)c(CC(=O)N(C)C)n2c1. The maximum atomic E-state index is 11.8. The molecule has 0 aliphatic rings. The van der Waals surface area contributed by atoms with Gasteiger partial charge in [0.15, 0.2) is 0 Å². The van der Waals surface area contributed by atoms with Crippen molar-refractivity contribution >= 4 is 11.6 Å². The van der Waals surface area contributed by atoms with Gasteiger partial charge in [0.1, 0.15) is 5.65 Å². The molecule has 4 nitrogen and oxygen atoms in total. The summed E-state index contributed by atoms with van der Waals surface area (Å²) in [6.07, 6.45) is 2.41. The van der Waals surface area contributed by atoms with Gasteiger partial charge in [0.25, 0.3) is 0 Å². The van der Waals surface area contributed by atoms with Crippen LogP contribution in [0.3, 0.4) is 0 Å². The third kappa shape index (κ3) is 3.34. The van der Waals surface area contributed by atoms with E-state index >= 15 is 0 Å².